The molecule has 5 rings (SSSR count). The number of hydrogen-bond acceptors (Lipinski definition) is 9. The molecule has 0 unspecified atom stereocenters. The van der Waals surface area contributed by atoms with Gasteiger partial charge in [-0.15, -0.1) is 11.3 Å². The number of carbonyl (C=O) groups excluding carboxylic acids is 1. The fraction of sp³-hybridized carbons (Fsp3) is 0.391. The highest BCUT2D eigenvalue weighted by Crippen LogP contribution is 2.55. The number of anilines is 2. The second-order valence-electron chi connectivity index (χ2n) is 8.57. The zero-order chi connectivity index (χ0) is 24.6. The molecule has 2 fully saturated rings. The highest BCUT2D eigenvalue weighted by molar-refractivity contribution is 7.94. The summed E-state index contributed by atoms with van der Waals surface area (Å²) in [5.41, 5.74) is 2.52. The Labute approximate surface area is 207 Å². The van der Waals surface area contributed by atoms with E-state index in [2.05, 4.69) is 20.5 Å². The zero-order valence-electron chi connectivity index (χ0n) is 19.4. The molecule has 0 spiro atoms. The van der Waals surface area contributed by atoms with Gasteiger partial charge < -0.3 is 20.3 Å². The standard InChI is InChI=1S/C23H26N6O4S2/c1-15-14-34-22(25-15)35(31,32)23(7-8-23)18-13-19(29-9-11-33-12-10-29)28-20(27-18)16-3-5-17(6-4-16)26-21(30)24-2/h3-6,13-14H,7-12H2,1-2H3,(H2,24,26,30). The Balaban J connectivity index is 1.57. The van der Waals surface area contributed by atoms with Gasteiger partial charge in [-0.2, -0.15) is 0 Å². The molecule has 0 atom stereocenters. The summed E-state index contributed by atoms with van der Waals surface area (Å²) in [5, 5.41) is 6.98. The van der Waals surface area contributed by atoms with E-state index in [9.17, 15) is 13.2 Å². The van der Waals surface area contributed by atoms with Crippen LogP contribution >= 0.6 is 11.3 Å². The van der Waals surface area contributed by atoms with Gasteiger partial charge in [0.05, 0.1) is 18.9 Å². The van der Waals surface area contributed by atoms with Gasteiger partial charge in [0.1, 0.15) is 10.6 Å². The lowest BCUT2D eigenvalue weighted by Gasteiger charge is -2.29. The Hall–Kier alpha value is -3.09. The zero-order valence-corrected chi connectivity index (χ0v) is 21.1. The molecule has 3 aromatic rings. The third kappa shape index (κ3) is 4.48. The molecule has 1 aliphatic carbocycles. The van der Waals surface area contributed by atoms with Gasteiger partial charge in [-0.05, 0) is 44.0 Å². The molecule has 1 aliphatic heterocycles. The van der Waals surface area contributed by atoms with Crippen LogP contribution in [0.15, 0.2) is 40.1 Å². The van der Waals surface area contributed by atoms with E-state index < -0.39 is 14.6 Å². The number of thiazole rings is 1. The van der Waals surface area contributed by atoms with E-state index in [1.807, 2.05) is 12.1 Å². The van der Waals surface area contributed by atoms with E-state index >= 15 is 0 Å². The summed E-state index contributed by atoms with van der Waals surface area (Å²) in [7, 11) is -2.16. The molecule has 2 N–H and O–H groups in total. The minimum Gasteiger partial charge on any atom is -0.378 e. The van der Waals surface area contributed by atoms with Crippen molar-refractivity contribution in [2.45, 2.75) is 28.9 Å². The fourth-order valence-electron chi connectivity index (χ4n) is 4.05. The number of urea groups is 1. The number of sulfone groups is 1. The molecule has 0 radical (unpaired) electrons. The van der Waals surface area contributed by atoms with Crippen molar-refractivity contribution in [1.82, 2.24) is 20.3 Å². The molecule has 2 aromatic heterocycles. The van der Waals surface area contributed by atoms with Crippen LogP contribution in [0.5, 0.6) is 0 Å². The molecule has 1 aromatic carbocycles. The van der Waals surface area contributed by atoms with Gasteiger partial charge in [-0.25, -0.2) is 28.2 Å². The van der Waals surface area contributed by atoms with Crippen LogP contribution in [0.4, 0.5) is 16.3 Å². The Morgan fingerprint density at radius 1 is 1.11 bits per heavy atom. The summed E-state index contributed by atoms with van der Waals surface area (Å²) in [6, 6.07) is 8.64. The number of rotatable bonds is 6. The van der Waals surface area contributed by atoms with Crippen molar-refractivity contribution >= 4 is 38.7 Å². The summed E-state index contributed by atoms with van der Waals surface area (Å²) in [6.07, 6.45) is 0.976. The largest absolute Gasteiger partial charge is 0.378 e. The molecular formula is C23H26N6O4S2. The summed E-state index contributed by atoms with van der Waals surface area (Å²) in [4.78, 5) is 27.5. The van der Waals surface area contributed by atoms with Crippen molar-refractivity contribution < 1.29 is 17.9 Å². The van der Waals surface area contributed by atoms with Gasteiger partial charge in [0.15, 0.2) is 5.82 Å². The lowest BCUT2D eigenvalue weighted by molar-refractivity contribution is 0.122. The first-order valence-electron chi connectivity index (χ1n) is 11.3. The van der Waals surface area contributed by atoms with E-state index in [0.717, 1.165) is 16.9 Å². The molecule has 184 valence electrons. The van der Waals surface area contributed by atoms with E-state index in [1.165, 1.54) is 0 Å². The molecule has 12 heteroatoms. The first kappa shape index (κ1) is 23.6. The van der Waals surface area contributed by atoms with Crippen molar-refractivity contribution in [3.63, 3.8) is 0 Å². The Morgan fingerprint density at radius 3 is 2.43 bits per heavy atom. The number of benzene rings is 1. The number of carbonyl (C=O) groups is 1. The van der Waals surface area contributed by atoms with Crippen LogP contribution in [0.1, 0.15) is 24.2 Å². The number of hydrogen-bond donors (Lipinski definition) is 2. The number of nitrogens with one attached hydrogen (secondary N) is 2. The van der Waals surface area contributed by atoms with E-state index in [4.69, 9.17) is 14.7 Å². The third-order valence-corrected chi connectivity index (χ3v) is 10.1. The molecule has 1 saturated heterocycles. The lowest BCUT2D eigenvalue weighted by atomic mass is 10.1. The SMILES string of the molecule is CNC(=O)Nc1ccc(-c2nc(N3CCOCC3)cc(C3(S(=O)(=O)c4nc(C)cs4)CC3)n2)cc1. The topological polar surface area (TPSA) is 126 Å². The second kappa shape index (κ2) is 9.17. The average Bonchev–Trinajstić information content (AvgIpc) is 3.59. The molecule has 3 heterocycles. The van der Waals surface area contributed by atoms with E-state index in [0.29, 0.717) is 67.9 Å². The van der Waals surface area contributed by atoms with E-state index in [1.54, 1.807) is 37.6 Å². The number of morpholine rings is 1. The number of aryl methyl sites for hydroxylation is 1. The van der Waals surface area contributed by atoms with Gasteiger partial charge in [0, 0.05) is 48.5 Å². The molecular weight excluding hydrogens is 488 g/mol. The Bertz CT molecular complexity index is 1350. The summed E-state index contributed by atoms with van der Waals surface area (Å²) < 4.78 is 31.8. The predicted molar refractivity (Wildman–Crippen MR) is 134 cm³/mol. The first-order valence-corrected chi connectivity index (χ1v) is 13.7. The third-order valence-electron chi connectivity index (χ3n) is 6.19. The van der Waals surface area contributed by atoms with Crippen molar-refractivity contribution in [2.24, 2.45) is 0 Å². The minimum atomic E-state index is -3.71. The molecule has 0 bridgehead atoms. The Kier molecular flexibility index (Phi) is 6.20. The quantitative estimate of drug-likeness (QED) is 0.514. The highest BCUT2D eigenvalue weighted by Gasteiger charge is 2.59. The highest BCUT2D eigenvalue weighted by atomic mass is 32.2. The summed E-state index contributed by atoms with van der Waals surface area (Å²) in [5.74, 6) is 1.12. The molecule has 1 saturated carbocycles. The summed E-state index contributed by atoms with van der Waals surface area (Å²) >= 11 is 1.15. The Morgan fingerprint density at radius 2 is 1.83 bits per heavy atom. The normalized spacial score (nSPS) is 17.1. The maximum Gasteiger partial charge on any atom is 0.318 e. The van der Waals surface area contributed by atoms with Crippen molar-refractivity contribution in [1.29, 1.82) is 0 Å². The monoisotopic (exact) mass is 514 g/mol. The van der Waals surface area contributed by atoms with Crippen LogP contribution in [-0.4, -0.2) is 62.8 Å². The van der Waals surface area contributed by atoms with Gasteiger partial charge in [-0.1, -0.05) is 0 Å². The predicted octanol–water partition coefficient (Wildman–Crippen LogP) is 2.96. The molecule has 2 aliphatic rings. The average molecular weight is 515 g/mol. The van der Waals surface area contributed by atoms with Crippen molar-refractivity contribution in [3.8, 4) is 11.4 Å². The van der Waals surface area contributed by atoms with Gasteiger partial charge >= 0.3 is 6.03 Å². The van der Waals surface area contributed by atoms with E-state index in [-0.39, 0.29) is 10.4 Å². The number of ether oxygens (including phenoxy) is 1. The van der Waals surface area contributed by atoms with Crippen LogP contribution in [0.3, 0.4) is 0 Å². The van der Waals surface area contributed by atoms with Crippen molar-refractivity contribution in [3.05, 3.63) is 47.1 Å². The first-order chi connectivity index (χ1) is 16.8. The van der Waals surface area contributed by atoms with Crippen LogP contribution in [0, 0.1) is 6.92 Å². The number of amides is 2. The minimum absolute atomic E-state index is 0.130. The van der Waals surface area contributed by atoms with Gasteiger partial charge in [0.25, 0.3) is 0 Å². The smallest absolute Gasteiger partial charge is 0.318 e. The van der Waals surface area contributed by atoms with Crippen LogP contribution < -0.4 is 15.5 Å². The maximum absolute atomic E-state index is 13.6. The maximum atomic E-state index is 13.6. The number of aromatic nitrogens is 3. The summed E-state index contributed by atoms with van der Waals surface area (Å²) in [6.45, 7) is 4.27. The lowest BCUT2D eigenvalue weighted by Crippen LogP contribution is -2.37. The number of nitrogens with zero attached hydrogens (tertiary/aromatic N) is 4. The fourth-order valence-corrected chi connectivity index (χ4v) is 7.31. The molecule has 2 amide bonds. The van der Waals surface area contributed by atoms with Gasteiger partial charge in [-0.3, -0.25) is 0 Å². The van der Waals surface area contributed by atoms with Crippen LogP contribution in [0.25, 0.3) is 11.4 Å². The molecule has 10 nitrogen and oxygen atoms in total. The molecule has 35 heavy (non-hydrogen) atoms. The van der Waals surface area contributed by atoms with Crippen LogP contribution in [0.2, 0.25) is 0 Å². The van der Waals surface area contributed by atoms with Crippen molar-refractivity contribution in [2.75, 3.05) is 43.6 Å². The van der Waals surface area contributed by atoms with Gasteiger partial charge in [0.2, 0.25) is 14.2 Å². The van der Waals surface area contributed by atoms with Crippen LogP contribution in [-0.2, 0) is 19.3 Å². The second-order valence-corrected chi connectivity index (χ2v) is 11.9.